The summed E-state index contributed by atoms with van der Waals surface area (Å²) in [7, 11) is 0. The van der Waals surface area contributed by atoms with Gasteiger partial charge in [-0.1, -0.05) is 54.8 Å². The second-order valence-electron chi connectivity index (χ2n) is 4.56. The van der Waals surface area contributed by atoms with Crippen LogP contribution in [0.4, 0.5) is 0 Å². The van der Waals surface area contributed by atoms with Gasteiger partial charge in [0.1, 0.15) is 0 Å². The molecule has 0 radical (unpaired) electrons. The third-order valence-electron chi connectivity index (χ3n) is 3.13. The van der Waals surface area contributed by atoms with Crippen LogP contribution >= 0.6 is 23.5 Å². The number of benzene rings is 1. The van der Waals surface area contributed by atoms with Crippen molar-refractivity contribution < 1.29 is 0 Å². The van der Waals surface area contributed by atoms with E-state index < -0.39 is 0 Å². The highest BCUT2D eigenvalue weighted by molar-refractivity contribution is 8.06. The Kier molecular flexibility index (Phi) is 6.79. The van der Waals surface area contributed by atoms with Gasteiger partial charge < -0.3 is 0 Å². The minimum Gasteiger partial charge on any atom is -0.144 e. The highest BCUT2D eigenvalue weighted by atomic mass is 32.2. The summed E-state index contributed by atoms with van der Waals surface area (Å²) in [5, 5.41) is 0.351. The van der Waals surface area contributed by atoms with Gasteiger partial charge in [-0.2, -0.15) is 0 Å². The first-order chi connectivity index (χ1) is 10.3. The Bertz CT molecular complexity index is 610. The highest BCUT2D eigenvalue weighted by Crippen LogP contribution is 2.39. The molecule has 0 saturated carbocycles. The predicted octanol–water partition coefficient (Wildman–Crippen LogP) is 5.92. The maximum Gasteiger partial charge on any atom is 0.0556 e. The van der Waals surface area contributed by atoms with Gasteiger partial charge >= 0.3 is 0 Å². The molecule has 1 aliphatic rings. The average Bonchev–Trinajstić information content (AvgIpc) is 2.56. The van der Waals surface area contributed by atoms with Gasteiger partial charge in [-0.15, -0.1) is 23.5 Å². The number of thioether (sulfide) groups is 2. The molecule has 108 valence electrons. The second-order valence-corrected chi connectivity index (χ2v) is 7.04. The molecular weight excluding hydrogens is 292 g/mol. The molecule has 0 aromatic heterocycles. The zero-order chi connectivity index (χ0) is 14.9. The van der Waals surface area contributed by atoms with Crippen molar-refractivity contribution in [2.75, 3.05) is 11.5 Å². The summed E-state index contributed by atoms with van der Waals surface area (Å²) in [5.41, 5.74) is 8.71. The molecule has 0 amide bonds. The summed E-state index contributed by atoms with van der Waals surface area (Å²) in [6, 6.07) is 10.7. The van der Waals surface area contributed by atoms with Crippen molar-refractivity contribution in [3.05, 3.63) is 82.1 Å². The Hall–Kier alpha value is -1.30. The third-order valence-corrected chi connectivity index (χ3v) is 5.71. The van der Waals surface area contributed by atoms with Gasteiger partial charge in [-0.25, -0.2) is 0 Å². The molecular formula is C19H20S2. The van der Waals surface area contributed by atoms with E-state index in [1.165, 1.54) is 16.0 Å². The summed E-state index contributed by atoms with van der Waals surface area (Å²) >= 11 is 3.91. The van der Waals surface area contributed by atoms with Crippen LogP contribution in [0.15, 0.2) is 76.6 Å². The van der Waals surface area contributed by atoms with Crippen molar-refractivity contribution >= 4 is 23.5 Å². The second kappa shape index (κ2) is 8.87. The van der Waals surface area contributed by atoms with Crippen LogP contribution in [0.2, 0.25) is 0 Å². The smallest absolute Gasteiger partial charge is 0.0556 e. The predicted molar refractivity (Wildman–Crippen MR) is 97.8 cm³/mol. The standard InChI is InChI=1S/C19H20S2/c1-3-18(20-4-2)15-21-19(16-11-7-5-8-12-16)17-13-9-6-10-14-17/h3,5,7-9,11-14,19H,4,15H2,1-2H3/b18-3-. The van der Waals surface area contributed by atoms with E-state index in [2.05, 4.69) is 67.8 Å². The first-order valence-corrected chi connectivity index (χ1v) is 9.20. The lowest BCUT2D eigenvalue weighted by Gasteiger charge is -2.19. The molecule has 0 N–H and O–H groups in total. The molecule has 0 aliphatic heterocycles. The minimum atomic E-state index is 0.351. The summed E-state index contributed by atoms with van der Waals surface area (Å²) in [6.07, 6.45) is 8.37. The summed E-state index contributed by atoms with van der Waals surface area (Å²) in [6.45, 7) is 4.33. The van der Waals surface area contributed by atoms with Crippen LogP contribution < -0.4 is 0 Å². The van der Waals surface area contributed by atoms with Crippen LogP contribution in [-0.2, 0) is 0 Å². The minimum absolute atomic E-state index is 0.351. The SMILES string of the molecule is C/C=C(/CSC(C1=CC=C=C=C1)c1ccccc1)SCC. The first kappa shape index (κ1) is 16.1. The van der Waals surface area contributed by atoms with E-state index in [1.54, 1.807) is 0 Å². The Morgan fingerprint density at radius 2 is 2.05 bits per heavy atom. The number of allylic oxidation sites excluding steroid dienone is 4. The molecule has 1 aromatic rings. The highest BCUT2D eigenvalue weighted by Gasteiger charge is 2.16. The van der Waals surface area contributed by atoms with E-state index in [4.69, 9.17) is 0 Å². The van der Waals surface area contributed by atoms with Crippen molar-refractivity contribution in [1.29, 1.82) is 0 Å². The maximum atomic E-state index is 3.08. The zero-order valence-electron chi connectivity index (χ0n) is 12.5. The molecule has 1 aliphatic carbocycles. The largest absolute Gasteiger partial charge is 0.144 e. The van der Waals surface area contributed by atoms with Crippen molar-refractivity contribution in [1.82, 2.24) is 0 Å². The van der Waals surface area contributed by atoms with E-state index >= 15 is 0 Å². The quantitative estimate of drug-likeness (QED) is 0.573. The van der Waals surface area contributed by atoms with Crippen molar-refractivity contribution in [3.63, 3.8) is 0 Å². The number of hydrogen-bond donors (Lipinski definition) is 0. The average molecular weight is 313 g/mol. The Morgan fingerprint density at radius 3 is 2.67 bits per heavy atom. The molecule has 0 heterocycles. The fraction of sp³-hybridized carbons (Fsp3) is 0.263. The first-order valence-electron chi connectivity index (χ1n) is 7.17. The van der Waals surface area contributed by atoms with Gasteiger partial charge in [0, 0.05) is 5.75 Å². The molecule has 0 fully saturated rings. The summed E-state index contributed by atoms with van der Waals surface area (Å²) in [5.74, 6) is 2.18. The fourth-order valence-corrected chi connectivity index (χ4v) is 4.36. The van der Waals surface area contributed by atoms with E-state index in [9.17, 15) is 0 Å². The van der Waals surface area contributed by atoms with E-state index in [0.29, 0.717) is 5.25 Å². The van der Waals surface area contributed by atoms with Crippen LogP contribution in [0, 0.1) is 0 Å². The van der Waals surface area contributed by atoms with E-state index in [1.807, 2.05) is 35.7 Å². The monoisotopic (exact) mass is 312 g/mol. The Morgan fingerprint density at radius 1 is 1.24 bits per heavy atom. The number of rotatable bonds is 7. The normalized spacial score (nSPS) is 15.1. The van der Waals surface area contributed by atoms with Gasteiger partial charge in [0.25, 0.3) is 0 Å². The Labute approximate surface area is 136 Å². The van der Waals surface area contributed by atoms with Gasteiger partial charge in [-0.3, -0.25) is 0 Å². The molecule has 2 rings (SSSR count). The lowest BCUT2D eigenvalue weighted by molar-refractivity contribution is 1.16. The van der Waals surface area contributed by atoms with Crippen LogP contribution in [-0.4, -0.2) is 11.5 Å². The molecule has 0 saturated heterocycles. The third kappa shape index (κ3) is 4.88. The Balaban J connectivity index is 2.16. The molecule has 21 heavy (non-hydrogen) atoms. The zero-order valence-corrected chi connectivity index (χ0v) is 14.1. The molecule has 0 bridgehead atoms. The number of hydrogen-bond acceptors (Lipinski definition) is 2. The van der Waals surface area contributed by atoms with Gasteiger partial charge in [0.05, 0.1) is 5.25 Å². The van der Waals surface area contributed by atoms with E-state index in [-0.39, 0.29) is 0 Å². The molecule has 1 atom stereocenters. The molecule has 0 spiro atoms. The van der Waals surface area contributed by atoms with Crippen LogP contribution in [0.3, 0.4) is 0 Å². The van der Waals surface area contributed by atoms with Crippen LogP contribution in [0.1, 0.15) is 24.7 Å². The van der Waals surface area contributed by atoms with Gasteiger partial charge in [0.2, 0.25) is 0 Å². The van der Waals surface area contributed by atoms with Gasteiger partial charge in [0.15, 0.2) is 0 Å². The summed E-state index contributed by atoms with van der Waals surface area (Å²) in [4.78, 5) is 1.45. The lowest BCUT2D eigenvalue weighted by Crippen LogP contribution is -1.99. The van der Waals surface area contributed by atoms with Crippen LogP contribution in [0.5, 0.6) is 0 Å². The molecule has 2 heteroatoms. The molecule has 1 unspecified atom stereocenters. The maximum absolute atomic E-state index is 3.08. The van der Waals surface area contributed by atoms with Crippen molar-refractivity contribution in [3.8, 4) is 0 Å². The molecule has 1 aromatic carbocycles. The molecule has 0 nitrogen and oxygen atoms in total. The fourth-order valence-electron chi connectivity index (χ4n) is 2.09. The van der Waals surface area contributed by atoms with Crippen molar-refractivity contribution in [2.45, 2.75) is 19.1 Å². The lowest BCUT2D eigenvalue weighted by atomic mass is 10.0. The van der Waals surface area contributed by atoms with Gasteiger partial charge in [-0.05, 0) is 46.9 Å². The van der Waals surface area contributed by atoms with E-state index in [0.717, 1.165) is 11.5 Å². The summed E-state index contributed by atoms with van der Waals surface area (Å²) < 4.78 is 0. The van der Waals surface area contributed by atoms with Crippen molar-refractivity contribution in [2.24, 2.45) is 0 Å². The van der Waals surface area contributed by atoms with Crippen LogP contribution in [0.25, 0.3) is 0 Å². The topological polar surface area (TPSA) is 0 Å².